The van der Waals surface area contributed by atoms with Crippen LogP contribution in [0.4, 0.5) is 0 Å². The maximum Gasteiger partial charge on any atom is 0.258 e. The Morgan fingerprint density at radius 1 is 0.875 bits per heavy atom. The Labute approximate surface area is 188 Å². The fourth-order valence-electron chi connectivity index (χ4n) is 3.05. The highest BCUT2D eigenvalue weighted by molar-refractivity contribution is 5.77. The molecule has 3 aromatic rings. The van der Waals surface area contributed by atoms with Gasteiger partial charge in [0.25, 0.3) is 5.91 Å². The van der Waals surface area contributed by atoms with Crippen LogP contribution in [0.1, 0.15) is 29.2 Å². The molecule has 0 saturated heterocycles. The third-order valence-electron chi connectivity index (χ3n) is 4.59. The number of benzene rings is 3. The SMILES string of the molecule is CCOc1cc(C#N)ccc1OCC(=O)NCc1cccc(COCc2ccccc2)c1. The summed E-state index contributed by atoms with van der Waals surface area (Å²) in [6.07, 6.45) is 0. The van der Waals surface area contributed by atoms with Crippen LogP contribution in [-0.2, 0) is 29.3 Å². The van der Waals surface area contributed by atoms with E-state index < -0.39 is 0 Å². The van der Waals surface area contributed by atoms with Gasteiger partial charge < -0.3 is 19.5 Å². The Bertz CT molecular complexity index is 1060. The predicted molar refractivity (Wildman–Crippen MR) is 121 cm³/mol. The van der Waals surface area contributed by atoms with E-state index in [1.807, 2.05) is 61.5 Å². The van der Waals surface area contributed by atoms with Crippen LogP contribution < -0.4 is 14.8 Å². The number of hydrogen-bond acceptors (Lipinski definition) is 5. The van der Waals surface area contributed by atoms with E-state index in [4.69, 9.17) is 19.5 Å². The minimum Gasteiger partial charge on any atom is -0.490 e. The summed E-state index contributed by atoms with van der Waals surface area (Å²) in [7, 11) is 0. The smallest absolute Gasteiger partial charge is 0.258 e. The van der Waals surface area contributed by atoms with Gasteiger partial charge in [-0.1, -0.05) is 54.6 Å². The fourth-order valence-corrected chi connectivity index (χ4v) is 3.05. The van der Waals surface area contributed by atoms with E-state index in [1.54, 1.807) is 18.2 Å². The van der Waals surface area contributed by atoms with E-state index in [1.165, 1.54) is 0 Å². The summed E-state index contributed by atoms with van der Waals surface area (Å²) in [6.45, 7) is 3.57. The minimum atomic E-state index is -0.248. The molecule has 1 amide bonds. The second-order valence-electron chi connectivity index (χ2n) is 7.07. The number of carbonyl (C=O) groups excluding carboxylic acids is 1. The highest BCUT2D eigenvalue weighted by atomic mass is 16.5. The summed E-state index contributed by atoms with van der Waals surface area (Å²) in [6, 6.07) is 24.9. The number of hydrogen-bond donors (Lipinski definition) is 1. The molecule has 0 aromatic heterocycles. The Balaban J connectivity index is 1.46. The molecule has 1 N–H and O–H groups in total. The van der Waals surface area contributed by atoms with Crippen LogP contribution in [0.3, 0.4) is 0 Å². The third kappa shape index (κ3) is 7.15. The Morgan fingerprint density at radius 3 is 2.41 bits per heavy atom. The average molecular weight is 431 g/mol. The topological polar surface area (TPSA) is 80.6 Å². The molecule has 3 rings (SSSR count). The van der Waals surface area contributed by atoms with Crippen molar-refractivity contribution in [1.29, 1.82) is 5.26 Å². The van der Waals surface area contributed by atoms with Crippen LogP contribution in [0, 0.1) is 11.3 Å². The lowest BCUT2D eigenvalue weighted by Gasteiger charge is -2.12. The maximum atomic E-state index is 12.2. The molecule has 0 aliphatic carbocycles. The Morgan fingerprint density at radius 2 is 1.62 bits per heavy atom. The van der Waals surface area contributed by atoms with Crippen LogP contribution in [0.25, 0.3) is 0 Å². The van der Waals surface area contributed by atoms with Gasteiger partial charge in [0.05, 0.1) is 31.5 Å². The highest BCUT2D eigenvalue weighted by Crippen LogP contribution is 2.28. The number of nitrogens with zero attached hydrogens (tertiary/aromatic N) is 1. The molecule has 0 fully saturated rings. The van der Waals surface area contributed by atoms with E-state index in [0.717, 1.165) is 16.7 Å². The fraction of sp³-hybridized carbons (Fsp3) is 0.231. The van der Waals surface area contributed by atoms with E-state index in [9.17, 15) is 4.79 Å². The van der Waals surface area contributed by atoms with Crippen molar-refractivity contribution in [2.75, 3.05) is 13.2 Å². The molecule has 6 nitrogen and oxygen atoms in total. The molecule has 0 unspecified atom stereocenters. The molecule has 3 aromatic carbocycles. The first-order valence-electron chi connectivity index (χ1n) is 10.4. The lowest BCUT2D eigenvalue weighted by molar-refractivity contribution is -0.123. The number of carbonyl (C=O) groups is 1. The van der Waals surface area contributed by atoms with Gasteiger partial charge in [-0.05, 0) is 35.7 Å². The summed E-state index contributed by atoms with van der Waals surface area (Å²) in [5.41, 5.74) is 3.62. The molecule has 0 heterocycles. The molecule has 0 aliphatic heterocycles. The summed E-state index contributed by atoms with van der Waals surface area (Å²) >= 11 is 0. The minimum absolute atomic E-state index is 0.147. The summed E-state index contributed by atoms with van der Waals surface area (Å²) in [5, 5.41) is 11.9. The van der Waals surface area contributed by atoms with Crippen molar-refractivity contribution in [1.82, 2.24) is 5.32 Å². The first-order chi connectivity index (χ1) is 15.7. The van der Waals surface area contributed by atoms with Crippen LogP contribution in [0.2, 0.25) is 0 Å². The van der Waals surface area contributed by atoms with Gasteiger partial charge in [0.2, 0.25) is 0 Å². The lowest BCUT2D eigenvalue weighted by Crippen LogP contribution is -2.28. The number of nitriles is 1. The van der Waals surface area contributed by atoms with E-state index in [0.29, 0.717) is 43.4 Å². The monoisotopic (exact) mass is 430 g/mol. The van der Waals surface area contributed by atoms with Gasteiger partial charge in [0, 0.05) is 12.6 Å². The second kappa shape index (κ2) is 12.1. The van der Waals surface area contributed by atoms with Crippen LogP contribution in [0.5, 0.6) is 11.5 Å². The molecular weight excluding hydrogens is 404 g/mol. The molecule has 6 heteroatoms. The number of ether oxygens (including phenoxy) is 3. The largest absolute Gasteiger partial charge is 0.490 e. The lowest BCUT2D eigenvalue weighted by atomic mass is 10.1. The number of nitrogens with one attached hydrogen (secondary N) is 1. The van der Waals surface area contributed by atoms with Gasteiger partial charge in [0.15, 0.2) is 18.1 Å². The van der Waals surface area contributed by atoms with E-state index in [-0.39, 0.29) is 12.5 Å². The third-order valence-corrected chi connectivity index (χ3v) is 4.59. The van der Waals surface area contributed by atoms with E-state index in [2.05, 4.69) is 11.4 Å². The van der Waals surface area contributed by atoms with Crippen molar-refractivity contribution < 1.29 is 19.0 Å². The van der Waals surface area contributed by atoms with Crippen molar-refractivity contribution >= 4 is 5.91 Å². The molecule has 0 aliphatic rings. The summed E-state index contributed by atoms with van der Waals surface area (Å²) in [5.74, 6) is 0.628. The number of rotatable bonds is 11. The van der Waals surface area contributed by atoms with Gasteiger partial charge in [0.1, 0.15) is 0 Å². The van der Waals surface area contributed by atoms with Gasteiger partial charge >= 0.3 is 0 Å². The van der Waals surface area contributed by atoms with Crippen molar-refractivity contribution in [3.05, 3.63) is 95.1 Å². The molecule has 0 saturated carbocycles. The predicted octanol–water partition coefficient (Wildman–Crippen LogP) is 4.37. The first-order valence-corrected chi connectivity index (χ1v) is 10.4. The van der Waals surface area contributed by atoms with Crippen LogP contribution >= 0.6 is 0 Å². The van der Waals surface area contributed by atoms with E-state index >= 15 is 0 Å². The van der Waals surface area contributed by atoms with Crippen molar-refractivity contribution in [2.45, 2.75) is 26.7 Å². The zero-order valence-electron chi connectivity index (χ0n) is 18.0. The van der Waals surface area contributed by atoms with Gasteiger partial charge in [-0.15, -0.1) is 0 Å². The first kappa shape index (κ1) is 22.9. The quantitative estimate of drug-likeness (QED) is 0.489. The van der Waals surface area contributed by atoms with Gasteiger partial charge in [-0.2, -0.15) is 5.26 Å². The summed E-state index contributed by atoms with van der Waals surface area (Å²) in [4.78, 5) is 12.2. The summed E-state index contributed by atoms with van der Waals surface area (Å²) < 4.78 is 16.9. The average Bonchev–Trinajstić information content (AvgIpc) is 2.83. The zero-order valence-corrected chi connectivity index (χ0v) is 18.0. The zero-order chi connectivity index (χ0) is 22.6. The standard InChI is InChI=1S/C26H26N2O4/c1-2-31-25-14-21(15-27)11-12-24(25)32-19-26(29)28-16-22-9-6-10-23(13-22)18-30-17-20-7-4-3-5-8-20/h3-14H,2,16-19H2,1H3,(H,28,29). The molecule has 32 heavy (non-hydrogen) atoms. The molecule has 0 radical (unpaired) electrons. The second-order valence-corrected chi connectivity index (χ2v) is 7.07. The van der Waals surface area contributed by atoms with Crippen molar-refractivity contribution in [2.24, 2.45) is 0 Å². The molecule has 164 valence electrons. The van der Waals surface area contributed by atoms with Gasteiger partial charge in [-0.25, -0.2) is 0 Å². The van der Waals surface area contributed by atoms with Crippen LogP contribution in [0.15, 0.2) is 72.8 Å². The maximum absolute atomic E-state index is 12.2. The van der Waals surface area contributed by atoms with Gasteiger partial charge in [-0.3, -0.25) is 4.79 Å². The van der Waals surface area contributed by atoms with Crippen LogP contribution in [-0.4, -0.2) is 19.1 Å². The Hall–Kier alpha value is -3.82. The highest BCUT2D eigenvalue weighted by Gasteiger charge is 2.09. The molecule has 0 bridgehead atoms. The number of amides is 1. The van der Waals surface area contributed by atoms with Crippen molar-refractivity contribution in [3.63, 3.8) is 0 Å². The molecule has 0 spiro atoms. The Kier molecular flexibility index (Phi) is 8.67. The molecule has 0 atom stereocenters. The molecular formula is C26H26N2O4. The normalized spacial score (nSPS) is 10.2. The van der Waals surface area contributed by atoms with Crippen molar-refractivity contribution in [3.8, 4) is 17.6 Å².